The zero-order valence-corrected chi connectivity index (χ0v) is 12.3. The SMILES string of the molecule is COC(=O)c1cccc(-c2nc(-c3ccsc3)cs2)c1. The van der Waals surface area contributed by atoms with Crippen LogP contribution >= 0.6 is 22.7 Å². The van der Waals surface area contributed by atoms with Crippen LogP contribution in [0.1, 0.15) is 10.4 Å². The van der Waals surface area contributed by atoms with Crippen LogP contribution < -0.4 is 0 Å². The van der Waals surface area contributed by atoms with E-state index in [1.165, 1.54) is 7.11 Å². The molecule has 0 bridgehead atoms. The van der Waals surface area contributed by atoms with Crippen molar-refractivity contribution in [3.8, 4) is 21.8 Å². The summed E-state index contributed by atoms with van der Waals surface area (Å²) < 4.78 is 4.74. The van der Waals surface area contributed by atoms with Crippen LogP contribution in [0.5, 0.6) is 0 Å². The van der Waals surface area contributed by atoms with Gasteiger partial charge in [0.2, 0.25) is 0 Å². The molecule has 3 rings (SSSR count). The van der Waals surface area contributed by atoms with Gasteiger partial charge < -0.3 is 4.74 Å². The molecular weight excluding hydrogens is 290 g/mol. The van der Waals surface area contributed by atoms with E-state index in [-0.39, 0.29) is 5.97 Å². The highest BCUT2D eigenvalue weighted by molar-refractivity contribution is 7.13. The highest BCUT2D eigenvalue weighted by Gasteiger charge is 2.10. The van der Waals surface area contributed by atoms with E-state index < -0.39 is 0 Å². The third-order valence-corrected chi connectivity index (χ3v) is 4.43. The Kier molecular flexibility index (Phi) is 3.62. The maximum Gasteiger partial charge on any atom is 0.337 e. The smallest absolute Gasteiger partial charge is 0.337 e. The van der Waals surface area contributed by atoms with Gasteiger partial charge >= 0.3 is 5.97 Å². The molecule has 20 heavy (non-hydrogen) atoms. The van der Waals surface area contributed by atoms with Crippen molar-refractivity contribution in [2.75, 3.05) is 7.11 Å². The lowest BCUT2D eigenvalue weighted by molar-refractivity contribution is 0.0601. The molecular formula is C15H11NO2S2. The number of methoxy groups -OCH3 is 1. The Morgan fingerprint density at radius 3 is 2.85 bits per heavy atom. The first kappa shape index (κ1) is 13.0. The molecule has 2 aromatic heterocycles. The Morgan fingerprint density at radius 2 is 2.10 bits per heavy atom. The number of carbonyl (C=O) groups is 1. The van der Waals surface area contributed by atoms with Gasteiger partial charge in [0.25, 0.3) is 0 Å². The van der Waals surface area contributed by atoms with Crippen molar-refractivity contribution in [1.29, 1.82) is 0 Å². The molecule has 0 amide bonds. The predicted octanol–water partition coefficient (Wildman–Crippen LogP) is 4.33. The van der Waals surface area contributed by atoms with Crippen LogP contribution in [0.2, 0.25) is 0 Å². The number of rotatable bonds is 3. The molecule has 0 aliphatic rings. The Labute approximate surface area is 124 Å². The Balaban J connectivity index is 1.95. The summed E-state index contributed by atoms with van der Waals surface area (Å²) >= 11 is 3.22. The van der Waals surface area contributed by atoms with Gasteiger partial charge in [0.1, 0.15) is 5.01 Å². The van der Waals surface area contributed by atoms with Crippen LogP contribution in [-0.4, -0.2) is 18.1 Å². The second-order valence-corrected chi connectivity index (χ2v) is 5.76. The van der Waals surface area contributed by atoms with Crippen LogP contribution in [0.15, 0.2) is 46.5 Å². The molecule has 3 aromatic rings. The Morgan fingerprint density at radius 1 is 1.20 bits per heavy atom. The highest BCUT2D eigenvalue weighted by atomic mass is 32.1. The van der Waals surface area contributed by atoms with E-state index in [0.717, 1.165) is 21.8 Å². The van der Waals surface area contributed by atoms with Crippen LogP contribution in [0.4, 0.5) is 0 Å². The van der Waals surface area contributed by atoms with E-state index in [2.05, 4.69) is 10.4 Å². The summed E-state index contributed by atoms with van der Waals surface area (Å²) in [7, 11) is 1.38. The van der Waals surface area contributed by atoms with Gasteiger partial charge in [0.15, 0.2) is 0 Å². The molecule has 0 fully saturated rings. The fourth-order valence-electron chi connectivity index (χ4n) is 1.85. The number of carbonyl (C=O) groups excluding carboxylic acids is 1. The number of nitrogens with zero attached hydrogens (tertiary/aromatic N) is 1. The number of hydrogen-bond donors (Lipinski definition) is 0. The normalized spacial score (nSPS) is 10.4. The summed E-state index contributed by atoms with van der Waals surface area (Å²) in [5, 5.41) is 7.04. The average Bonchev–Trinajstić information content (AvgIpc) is 3.17. The number of ether oxygens (including phenoxy) is 1. The molecule has 100 valence electrons. The minimum atomic E-state index is -0.332. The van der Waals surface area contributed by atoms with Crippen molar-refractivity contribution in [3.63, 3.8) is 0 Å². The number of hydrogen-bond acceptors (Lipinski definition) is 5. The Bertz CT molecular complexity index is 732. The van der Waals surface area contributed by atoms with E-state index in [4.69, 9.17) is 4.74 Å². The number of esters is 1. The monoisotopic (exact) mass is 301 g/mol. The van der Waals surface area contributed by atoms with Gasteiger partial charge in [-0.05, 0) is 23.6 Å². The molecule has 0 saturated heterocycles. The molecule has 0 aliphatic carbocycles. The van der Waals surface area contributed by atoms with Crippen molar-refractivity contribution < 1.29 is 9.53 Å². The first-order chi connectivity index (χ1) is 9.78. The standard InChI is InChI=1S/C15H11NO2S2/c1-18-15(17)11-4-2-3-10(7-11)14-16-13(9-20-14)12-5-6-19-8-12/h2-9H,1H3. The lowest BCUT2D eigenvalue weighted by atomic mass is 10.1. The minimum absolute atomic E-state index is 0.332. The van der Waals surface area contributed by atoms with E-state index >= 15 is 0 Å². The summed E-state index contributed by atoms with van der Waals surface area (Å²) in [6, 6.07) is 9.38. The third-order valence-electron chi connectivity index (χ3n) is 2.85. The third kappa shape index (κ3) is 2.50. The first-order valence-corrected chi connectivity index (χ1v) is 7.77. The predicted molar refractivity (Wildman–Crippen MR) is 82.2 cm³/mol. The van der Waals surface area contributed by atoms with Crippen LogP contribution in [-0.2, 0) is 4.74 Å². The molecule has 0 unspecified atom stereocenters. The van der Waals surface area contributed by atoms with Gasteiger partial charge in [-0.2, -0.15) is 11.3 Å². The van der Waals surface area contributed by atoms with Gasteiger partial charge in [-0.15, -0.1) is 11.3 Å². The molecule has 0 atom stereocenters. The van der Waals surface area contributed by atoms with Crippen molar-refractivity contribution in [1.82, 2.24) is 4.98 Å². The largest absolute Gasteiger partial charge is 0.465 e. The fraction of sp³-hybridized carbons (Fsp3) is 0.0667. The van der Waals surface area contributed by atoms with Gasteiger partial charge in [0.05, 0.1) is 18.4 Å². The average molecular weight is 301 g/mol. The van der Waals surface area contributed by atoms with E-state index in [9.17, 15) is 4.79 Å². The van der Waals surface area contributed by atoms with Crippen molar-refractivity contribution in [2.45, 2.75) is 0 Å². The molecule has 2 heterocycles. The van der Waals surface area contributed by atoms with E-state index in [1.807, 2.05) is 35.0 Å². The molecule has 0 saturated carbocycles. The molecule has 1 aromatic carbocycles. The van der Waals surface area contributed by atoms with Gasteiger partial charge in [-0.1, -0.05) is 12.1 Å². The summed E-state index contributed by atoms with van der Waals surface area (Å²) in [5.41, 5.74) is 3.56. The molecule has 5 heteroatoms. The number of thiophene rings is 1. The highest BCUT2D eigenvalue weighted by Crippen LogP contribution is 2.30. The molecule has 0 spiro atoms. The van der Waals surface area contributed by atoms with Gasteiger partial charge in [0, 0.05) is 21.9 Å². The zero-order valence-electron chi connectivity index (χ0n) is 10.7. The molecule has 0 N–H and O–H groups in total. The summed E-state index contributed by atoms with van der Waals surface area (Å²) in [4.78, 5) is 16.2. The molecule has 0 radical (unpaired) electrons. The van der Waals surface area contributed by atoms with Crippen LogP contribution in [0.3, 0.4) is 0 Å². The lowest BCUT2D eigenvalue weighted by Crippen LogP contribution is -2.00. The quantitative estimate of drug-likeness (QED) is 0.676. The van der Waals surface area contributed by atoms with Gasteiger partial charge in [-0.25, -0.2) is 9.78 Å². The van der Waals surface area contributed by atoms with E-state index in [0.29, 0.717) is 5.56 Å². The molecule has 0 aliphatic heterocycles. The maximum absolute atomic E-state index is 11.6. The lowest BCUT2D eigenvalue weighted by Gasteiger charge is -2.01. The maximum atomic E-state index is 11.6. The fourth-order valence-corrected chi connectivity index (χ4v) is 3.32. The summed E-state index contributed by atoms with van der Waals surface area (Å²) in [6.45, 7) is 0. The first-order valence-electron chi connectivity index (χ1n) is 5.95. The second kappa shape index (κ2) is 5.56. The topological polar surface area (TPSA) is 39.2 Å². The summed E-state index contributed by atoms with van der Waals surface area (Å²) in [6.07, 6.45) is 0. The number of benzene rings is 1. The second-order valence-electron chi connectivity index (χ2n) is 4.12. The Hall–Kier alpha value is -1.98. The zero-order chi connectivity index (χ0) is 13.9. The van der Waals surface area contributed by atoms with E-state index in [1.54, 1.807) is 28.7 Å². The number of aromatic nitrogens is 1. The minimum Gasteiger partial charge on any atom is -0.465 e. The van der Waals surface area contributed by atoms with Crippen molar-refractivity contribution >= 4 is 28.6 Å². The van der Waals surface area contributed by atoms with Crippen LogP contribution in [0.25, 0.3) is 21.8 Å². The van der Waals surface area contributed by atoms with Crippen molar-refractivity contribution in [2.24, 2.45) is 0 Å². The molecule has 3 nitrogen and oxygen atoms in total. The number of thiazole rings is 1. The van der Waals surface area contributed by atoms with Crippen LogP contribution in [0, 0.1) is 0 Å². The summed E-state index contributed by atoms with van der Waals surface area (Å²) in [5.74, 6) is -0.332. The van der Waals surface area contributed by atoms with Crippen molar-refractivity contribution in [3.05, 3.63) is 52.0 Å². The van der Waals surface area contributed by atoms with Gasteiger partial charge in [-0.3, -0.25) is 0 Å².